The minimum absolute atomic E-state index is 0.00320. The number of hydrogen-bond donors (Lipinski definition) is 4. The molecule has 0 aromatic carbocycles. The zero-order valence-corrected chi connectivity index (χ0v) is 26.5. The van der Waals surface area contributed by atoms with E-state index >= 15 is 0 Å². The lowest BCUT2D eigenvalue weighted by Crippen LogP contribution is -2.45. The molecule has 0 bridgehead atoms. The van der Waals surface area contributed by atoms with Gasteiger partial charge in [0.2, 0.25) is 5.91 Å². The highest BCUT2D eigenvalue weighted by molar-refractivity contribution is 5.76. The van der Waals surface area contributed by atoms with Gasteiger partial charge in [-0.25, -0.2) is 0 Å². The van der Waals surface area contributed by atoms with Crippen molar-refractivity contribution in [3.8, 4) is 0 Å². The summed E-state index contributed by atoms with van der Waals surface area (Å²) in [6, 6.07) is -0.744. The fourth-order valence-corrected chi connectivity index (χ4v) is 5.04. The van der Waals surface area contributed by atoms with Crippen LogP contribution in [0.15, 0.2) is 24.3 Å². The molecule has 5 heteroatoms. The first kappa shape index (κ1) is 38.8. The van der Waals surface area contributed by atoms with Crippen molar-refractivity contribution in [3.05, 3.63) is 24.3 Å². The van der Waals surface area contributed by atoms with Crippen LogP contribution in [0.1, 0.15) is 168 Å². The summed E-state index contributed by atoms with van der Waals surface area (Å²) in [7, 11) is 0. The molecule has 0 aliphatic heterocycles. The normalized spacial score (nSPS) is 14.2. The number of rotatable bonds is 30. The van der Waals surface area contributed by atoms with Crippen molar-refractivity contribution >= 4 is 5.91 Å². The monoisotopic (exact) mass is 566 g/mol. The van der Waals surface area contributed by atoms with Gasteiger partial charge in [0.1, 0.15) is 0 Å². The van der Waals surface area contributed by atoms with Crippen molar-refractivity contribution in [1.82, 2.24) is 5.32 Å². The van der Waals surface area contributed by atoms with Crippen molar-refractivity contribution in [2.75, 3.05) is 6.61 Å². The van der Waals surface area contributed by atoms with Crippen LogP contribution >= 0.6 is 0 Å². The summed E-state index contributed by atoms with van der Waals surface area (Å²) in [5.74, 6) is -0.328. The molecule has 1 amide bonds. The molecule has 0 rings (SSSR count). The van der Waals surface area contributed by atoms with Crippen molar-refractivity contribution in [1.29, 1.82) is 0 Å². The van der Waals surface area contributed by atoms with E-state index in [0.717, 1.165) is 38.5 Å². The molecule has 0 aromatic heterocycles. The number of amides is 1. The third kappa shape index (κ3) is 27.0. The van der Waals surface area contributed by atoms with Gasteiger partial charge < -0.3 is 20.6 Å². The molecule has 0 heterocycles. The number of unbranched alkanes of at least 4 members (excludes halogenated alkanes) is 19. The van der Waals surface area contributed by atoms with Gasteiger partial charge in [-0.05, 0) is 44.9 Å². The summed E-state index contributed by atoms with van der Waals surface area (Å²) in [6.45, 7) is 4.15. The van der Waals surface area contributed by atoms with Crippen LogP contribution in [0.3, 0.4) is 0 Å². The third-order valence-corrected chi connectivity index (χ3v) is 7.73. The molecule has 236 valence electrons. The standard InChI is InChI=1S/C35H67NO4/c1-3-5-7-9-11-13-15-16-17-18-19-21-23-25-27-29-34(39)33(31-37)36-35(40)30-32(38)28-26-24-22-20-14-12-10-8-6-4-2/h12,14,27,29,32-34,37-39H,3-11,13,15-26,28,30-31H2,1-2H3,(H,36,40)/b14-12-,29-27+. The minimum Gasteiger partial charge on any atom is -0.394 e. The second-order valence-corrected chi connectivity index (χ2v) is 11.8. The molecule has 0 spiro atoms. The van der Waals surface area contributed by atoms with Gasteiger partial charge in [0, 0.05) is 0 Å². The van der Waals surface area contributed by atoms with Crippen LogP contribution in [0.5, 0.6) is 0 Å². The van der Waals surface area contributed by atoms with Crippen LogP contribution in [0, 0.1) is 0 Å². The number of carbonyl (C=O) groups is 1. The quantitative estimate of drug-likeness (QED) is 0.0518. The molecule has 3 unspecified atom stereocenters. The van der Waals surface area contributed by atoms with E-state index < -0.39 is 18.2 Å². The Labute approximate surface area is 248 Å². The number of carbonyl (C=O) groups excluding carboxylic acids is 1. The van der Waals surface area contributed by atoms with Crippen LogP contribution in [0.2, 0.25) is 0 Å². The lowest BCUT2D eigenvalue weighted by Gasteiger charge is -2.21. The maximum absolute atomic E-state index is 12.3. The average molecular weight is 566 g/mol. The van der Waals surface area contributed by atoms with Gasteiger partial charge >= 0.3 is 0 Å². The number of aliphatic hydroxyl groups excluding tert-OH is 3. The van der Waals surface area contributed by atoms with E-state index in [9.17, 15) is 20.1 Å². The van der Waals surface area contributed by atoms with E-state index in [1.54, 1.807) is 6.08 Å². The highest BCUT2D eigenvalue weighted by atomic mass is 16.3. The second-order valence-electron chi connectivity index (χ2n) is 11.8. The molecular weight excluding hydrogens is 498 g/mol. The van der Waals surface area contributed by atoms with E-state index in [0.29, 0.717) is 6.42 Å². The van der Waals surface area contributed by atoms with Gasteiger partial charge in [-0.15, -0.1) is 0 Å². The zero-order chi connectivity index (χ0) is 29.5. The summed E-state index contributed by atoms with van der Waals surface area (Å²) in [5.41, 5.74) is 0. The molecule has 3 atom stereocenters. The Balaban J connectivity index is 3.79. The molecule has 0 aliphatic rings. The molecule has 0 saturated carbocycles. The van der Waals surface area contributed by atoms with E-state index in [1.807, 2.05) is 6.08 Å². The van der Waals surface area contributed by atoms with Gasteiger partial charge in [-0.3, -0.25) is 4.79 Å². The number of allylic oxidation sites excluding steroid dienone is 3. The Bertz CT molecular complexity index is 592. The Morgan fingerprint density at radius 2 is 1.05 bits per heavy atom. The highest BCUT2D eigenvalue weighted by Crippen LogP contribution is 2.13. The smallest absolute Gasteiger partial charge is 0.222 e. The predicted molar refractivity (Wildman–Crippen MR) is 171 cm³/mol. The summed E-state index contributed by atoms with van der Waals surface area (Å²) in [6.07, 6.45) is 34.4. The molecular formula is C35H67NO4. The van der Waals surface area contributed by atoms with Gasteiger partial charge in [0.25, 0.3) is 0 Å². The van der Waals surface area contributed by atoms with E-state index in [1.165, 1.54) is 103 Å². The fraction of sp³-hybridized carbons (Fsp3) is 0.857. The molecule has 0 saturated heterocycles. The maximum atomic E-state index is 12.3. The number of hydrogen-bond acceptors (Lipinski definition) is 4. The SMILES string of the molecule is CCCCC/C=C\CCCCCC(O)CC(=O)NC(CO)C(O)/C=C/CCCCCCCCCCCCCCC. The average Bonchev–Trinajstić information content (AvgIpc) is 2.94. The van der Waals surface area contributed by atoms with Crippen molar-refractivity contribution < 1.29 is 20.1 Å². The van der Waals surface area contributed by atoms with Gasteiger partial charge in [0.05, 0.1) is 31.3 Å². The first-order chi connectivity index (χ1) is 19.5. The van der Waals surface area contributed by atoms with E-state index in [-0.39, 0.29) is 18.9 Å². The zero-order valence-electron chi connectivity index (χ0n) is 26.5. The minimum atomic E-state index is -0.928. The van der Waals surface area contributed by atoms with Gasteiger partial charge in [0.15, 0.2) is 0 Å². The third-order valence-electron chi connectivity index (χ3n) is 7.73. The fourth-order valence-electron chi connectivity index (χ4n) is 5.04. The van der Waals surface area contributed by atoms with Crippen molar-refractivity contribution in [2.24, 2.45) is 0 Å². The number of nitrogens with one attached hydrogen (secondary N) is 1. The Hall–Kier alpha value is -1.17. The van der Waals surface area contributed by atoms with Crippen LogP contribution in [0.4, 0.5) is 0 Å². The van der Waals surface area contributed by atoms with Gasteiger partial charge in [-0.1, -0.05) is 141 Å². The first-order valence-electron chi connectivity index (χ1n) is 17.1. The van der Waals surface area contributed by atoms with E-state index in [4.69, 9.17) is 0 Å². The molecule has 0 radical (unpaired) electrons. The second kappa shape index (κ2) is 30.8. The molecule has 5 nitrogen and oxygen atoms in total. The Kier molecular flexibility index (Phi) is 29.9. The molecule has 0 fully saturated rings. The predicted octanol–water partition coefficient (Wildman–Crippen LogP) is 8.70. The lowest BCUT2D eigenvalue weighted by molar-refractivity contribution is -0.124. The molecule has 0 aliphatic carbocycles. The summed E-state index contributed by atoms with van der Waals surface area (Å²) in [5, 5.41) is 32.9. The summed E-state index contributed by atoms with van der Waals surface area (Å²) in [4.78, 5) is 12.3. The topological polar surface area (TPSA) is 89.8 Å². The Morgan fingerprint density at radius 3 is 1.57 bits per heavy atom. The van der Waals surface area contributed by atoms with Gasteiger partial charge in [-0.2, -0.15) is 0 Å². The highest BCUT2D eigenvalue weighted by Gasteiger charge is 2.20. The summed E-state index contributed by atoms with van der Waals surface area (Å²) >= 11 is 0. The first-order valence-corrected chi connectivity index (χ1v) is 17.1. The van der Waals surface area contributed by atoms with Crippen LogP contribution in [-0.4, -0.2) is 46.1 Å². The summed E-state index contributed by atoms with van der Waals surface area (Å²) < 4.78 is 0. The number of aliphatic hydroxyl groups is 3. The Morgan fingerprint density at radius 1 is 0.625 bits per heavy atom. The van der Waals surface area contributed by atoms with Crippen LogP contribution in [0.25, 0.3) is 0 Å². The van der Waals surface area contributed by atoms with Crippen molar-refractivity contribution in [2.45, 2.75) is 186 Å². The maximum Gasteiger partial charge on any atom is 0.222 e. The van der Waals surface area contributed by atoms with Crippen molar-refractivity contribution in [3.63, 3.8) is 0 Å². The molecule has 0 aromatic rings. The largest absolute Gasteiger partial charge is 0.394 e. The lowest BCUT2D eigenvalue weighted by atomic mass is 10.0. The van der Waals surface area contributed by atoms with E-state index in [2.05, 4.69) is 31.3 Å². The molecule has 4 N–H and O–H groups in total. The molecule has 40 heavy (non-hydrogen) atoms. The van der Waals surface area contributed by atoms with Crippen LogP contribution < -0.4 is 5.32 Å². The van der Waals surface area contributed by atoms with Crippen LogP contribution in [-0.2, 0) is 4.79 Å².